The van der Waals surface area contributed by atoms with E-state index < -0.39 is 6.17 Å². The highest BCUT2D eigenvalue weighted by atomic mass is 19.1. The van der Waals surface area contributed by atoms with E-state index >= 15 is 0 Å². The molecule has 4 aromatic rings. The summed E-state index contributed by atoms with van der Waals surface area (Å²) in [5, 5.41) is 3.52. The minimum atomic E-state index is -0.430. The standard InChI is InChI=1S/C28H23FN2O3/c1-33-26-16-11-19(17-20(26)18-34-23-14-12-21(29)13-15-23)27-30-25-10-6-5-9-24(25)28(32)31(27)22-7-3-2-4-8-22/h2-17,27,30H,18H2,1H3/t27-/m1/s1. The number of ether oxygens (including phenoxy) is 2. The minimum Gasteiger partial charge on any atom is -0.496 e. The van der Waals surface area contributed by atoms with E-state index in [2.05, 4.69) is 5.32 Å². The van der Waals surface area contributed by atoms with Crippen molar-refractivity contribution in [3.05, 3.63) is 120 Å². The van der Waals surface area contributed by atoms with E-state index in [1.807, 2.05) is 72.8 Å². The number of anilines is 2. The van der Waals surface area contributed by atoms with Crippen LogP contribution in [-0.4, -0.2) is 13.0 Å². The van der Waals surface area contributed by atoms with Crippen LogP contribution in [0.15, 0.2) is 97.1 Å². The van der Waals surface area contributed by atoms with Crippen molar-refractivity contribution in [2.45, 2.75) is 12.8 Å². The second-order valence-electron chi connectivity index (χ2n) is 7.92. The molecule has 0 radical (unpaired) electrons. The first-order chi connectivity index (χ1) is 16.6. The molecule has 34 heavy (non-hydrogen) atoms. The van der Waals surface area contributed by atoms with Crippen molar-refractivity contribution in [2.75, 3.05) is 17.3 Å². The van der Waals surface area contributed by atoms with Crippen molar-refractivity contribution in [3.8, 4) is 11.5 Å². The topological polar surface area (TPSA) is 50.8 Å². The Labute approximate surface area is 197 Å². The Hall–Kier alpha value is -4.32. The Morgan fingerprint density at radius 3 is 2.41 bits per heavy atom. The number of carbonyl (C=O) groups excluding carboxylic acids is 1. The van der Waals surface area contributed by atoms with Crippen LogP contribution in [0, 0.1) is 5.82 Å². The van der Waals surface area contributed by atoms with Crippen molar-refractivity contribution < 1.29 is 18.7 Å². The average Bonchev–Trinajstić information content (AvgIpc) is 2.88. The Morgan fingerprint density at radius 1 is 0.912 bits per heavy atom. The summed E-state index contributed by atoms with van der Waals surface area (Å²) >= 11 is 0. The molecule has 5 rings (SSSR count). The number of hydrogen-bond donors (Lipinski definition) is 1. The third-order valence-electron chi connectivity index (χ3n) is 5.79. The number of hydrogen-bond acceptors (Lipinski definition) is 4. The van der Waals surface area contributed by atoms with Crippen LogP contribution < -0.4 is 19.7 Å². The van der Waals surface area contributed by atoms with Gasteiger partial charge in [-0.05, 0) is 66.2 Å². The molecule has 1 aliphatic heterocycles. The van der Waals surface area contributed by atoms with Crippen LogP contribution in [0.2, 0.25) is 0 Å². The van der Waals surface area contributed by atoms with Crippen molar-refractivity contribution in [1.82, 2.24) is 0 Å². The second kappa shape index (κ2) is 9.27. The highest BCUT2D eigenvalue weighted by Gasteiger charge is 2.34. The van der Waals surface area contributed by atoms with Crippen molar-refractivity contribution in [2.24, 2.45) is 0 Å². The van der Waals surface area contributed by atoms with Gasteiger partial charge in [0, 0.05) is 16.9 Å². The molecule has 1 heterocycles. The third-order valence-corrected chi connectivity index (χ3v) is 5.79. The summed E-state index contributed by atoms with van der Waals surface area (Å²) < 4.78 is 24.6. The molecule has 0 aliphatic carbocycles. The van der Waals surface area contributed by atoms with Crippen molar-refractivity contribution in [1.29, 1.82) is 0 Å². The third kappa shape index (κ3) is 4.18. The zero-order valence-electron chi connectivity index (χ0n) is 18.6. The Bertz CT molecular complexity index is 1310. The number of rotatable bonds is 6. The molecule has 6 heteroatoms. The van der Waals surface area contributed by atoms with Gasteiger partial charge in [-0.15, -0.1) is 0 Å². The first-order valence-corrected chi connectivity index (χ1v) is 10.9. The number of benzene rings is 4. The Balaban J connectivity index is 1.52. The summed E-state index contributed by atoms with van der Waals surface area (Å²) in [5.74, 6) is 0.825. The normalized spacial score (nSPS) is 14.8. The summed E-state index contributed by atoms with van der Waals surface area (Å²) in [6.45, 7) is 0.227. The van der Waals surface area contributed by atoms with E-state index in [-0.39, 0.29) is 18.3 Å². The van der Waals surface area contributed by atoms with E-state index in [1.54, 1.807) is 24.1 Å². The first-order valence-electron chi connectivity index (χ1n) is 10.9. The molecule has 0 bridgehead atoms. The van der Waals surface area contributed by atoms with E-state index in [4.69, 9.17) is 9.47 Å². The lowest BCUT2D eigenvalue weighted by Gasteiger charge is -2.38. The molecule has 1 atom stereocenters. The highest BCUT2D eigenvalue weighted by molar-refractivity contribution is 6.12. The van der Waals surface area contributed by atoms with Gasteiger partial charge < -0.3 is 14.8 Å². The average molecular weight is 455 g/mol. The smallest absolute Gasteiger partial charge is 0.262 e. The Kier molecular flexibility index (Phi) is 5.87. The van der Waals surface area contributed by atoms with Crippen LogP contribution in [0.25, 0.3) is 0 Å². The van der Waals surface area contributed by atoms with E-state index in [0.29, 0.717) is 17.1 Å². The van der Waals surface area contributed by atoms with Gasteiger partial charge in [0.15, 0.2) is 0 Å². The molecule has 0 fully saturated rings. The van der Waals surface area contributed by atoms with Gasteiger partial charge in [0.25, 0.3) is 5.91 Å². The lowest BCUT2D eigenvalue weighted by atomic mass is 10.0. The van der Waals surface area contributed by atoms with Gasteiger partial charge in [-0.1, -0.05) is 36.4 Å². The van der Waals surface area contributed by atoms with Crippen LogP contribution in [-0.2, 0) is 6.61 Å². The predicted octanol–water partition coefficient (Wildman–Crippen LogP) is 6.18. The summed E-state index contributed by atoms with van der Waals surface area (Å²) in [7, 11) is 1.60. The van der Waals surface area contributed by atoms with Gasteiger partial charge in [-0.25, -0.2) is 4.39 Å². The summed E-state index contributed by atoms with van der Waals surface area (Å²) in [4.78, 5) is 15.3. The fraction of sp³-hybridized carbons (Fsp3) is 0.107. The number of amides is 1. The molecule has 0 spiro atoms. The van der Waals surface area contributed by atoms with Crippen LogP contribution in [0.4, 0.5) is 15.8 Å². The number of fused-ring (bicyclic) bond motifs is 1. The van der Waals surface area contributed by atoms with Gasteiger partial charge in [-0.2, -0.15) is 0 Å². The van der Waals surface area contributed by atoms with E-state index in [9.17, 15) is 9.18 Å². The number of nitrogens with zero attached hydrogens (tertiary/aromatic N) is 1. The predicted molar refractivity (Wildman–Crippen MR) is 130 cm³/mol. The lowest BCUT2D eigenvalue weighted by molar-refractivity contribution is 0.0975. The molecule has 4 aromatic carbocycles. The van der Waals surface area contributed by atoms with Crippen LogP contribution in [0.1, 0.15) is 27.7 Å². The molecule has 170 valence electrons. The summed E-state index contributed by atoms with van der Waals surface area (Å²) in [5.41, 5.74) is 3.88. The highest BCUT2D eigenvalue weighted by Crippen LogP contribution is 2.37. The largest absolute Gasteiger partial charge is 0.496 e. The van der Waals surface area contributed by atoms with Crippen LogP contribution in [0.3, 0.4) is 0 Å². The number of para-hydroxylation sites is 2. The van der Waals surface area contributed by atoms with Gasteiger partial charge in [0.05, 0.1) is 12.7 Å². The molecule has 0 unspecified atom stereocenters. The molecule has 1 amide bonds. The quantitative estimate of drug-likeness (QED) is 0.378. The van der Waals surface area contributed by atoms with Gasteiger partial charge in [0.2, 0.25) is 0 Å². The van der Waals surface area contributed by atoms with Crippen molar-refractivity contribution >= 4 is 17.3 Å². The first kappa shape index (κ1) is 21.5. The maximum Gasteiger partial charge on any atom is 0.262 e. The van der Waals surface area contributed by atoms with E-state index in [1.165, 1.54) is 12.1 Å². The summed E-state index contributed by atoms with van der Waals surface area (Å²) in [6.07, 6.45) is -0.430. The second-order valence-corrected chi connectivity index (χ2v) is 7.92. The fourth-order valence-corrected chi connectivity index (χ4v) is 4.11. The molecular weight excluding hydrogens is 431 g/mol. The molecule has 0 saturated heterocycles. The van der Waals surface area contributed by atoms with Gasteiger partial charge in [0.1, 0.15) is 30.1 Å². The Morgan fingerprint density at radius 2 is 1.65 bits per heavy atom. The summed E-state index contributed by atoms with van der Waals surface area (Å²) in [6, 6.07) is 28.8. The number of methoxy groups -OCH3 is 1. The zero-order valence-corrected chi connectivity index (χ0v) is 18.6. The number of carbonyl (C=O) groups is 1. The van der Waals surface area contributed by atoms with Crippen molar-refractivity contribution in [3.63, 3.8) is 0 Å². The fourth-order valence-electron chi connectivity index (χ4n) is 4.11. The molecule has 0 saturated carbocycles. The van der Waals surface area contributed by atoms with E-state index in [0.717, 1.165) is 22.5 Å². The lowest BCUT2D eigenvalue weighted by Crippen LogP contribution is -2.43. The van der Waals surface area contributed by atoms with Gasteiger partial charge in [-0.3, -0.25) is 9.69 Å². The molecule has 1 N–H and O–H groups in total. The maximum absolute atomic E-state index is 13.6. The molecule has 0 aromatic heterocycles. The minimum absolute atomic E-state index is 0.0783. The van der Waals surface area contributed by atoms with Gasteiger partial charge >= 0.3 is 0 Å². The molecule has 1 aliphatic rings. The SMILES string of the molecule is COc1ccc([C@@H]2Nc3ccccc3C(=O)N2c2ccccc2)cc1COc1ccc(F)cc1. The molecular formula is C28H23FN2O3. The molecule has 5 nitrogen and oxygen atoms in total. The number of halogens is 1. The zero-order chi connectivity index (χ0) is 23.5. The monoisotopic (exact) mass is 454 g/mol. The van der Waals surface area contributed by atoms with Crippen LogP contribution in [0.5, 0.6) is 11.5 Å². The number of nitrogens with one attached hydrogen (secondary N) is 1. The maximum atomic E-state index is 13.6. The van der Waals surface area contributed by atoms with Crippen LogP contribution >= 0.6 is 0 Å².